The minimum atomic E-state index is -0.454. The Morgan fingerprint density at radius 1 is 1.39 bits per heavy atom. The Bertz CT molecular complexity index is 440. The minimum absolute atomic E-state index is 0.0227. The van der Waals surface area contributed by atoms with Crippen LogP contribution in [0, 0.1) is 0 Å². The monoisotopic (exact) mass is 270 g/mol. The standard InChI is InChI=1S/C12H18N2O3S/c1-8(16)13-10-5-4-9(18-10)11(17)14-12(2,3)6-7-15/h4-5,15H,6-7H2,1-3H3,(H,13,16)(H,14,17). The fraction of sp³-hybridized carbons (Fsp3) is 0.500. The van der Waals surface area contributed by atoms with Crippen molar-refractivity contribution >= 4 is 28.2 Å². The van der Waals surface area contributed by atoms with Gasteiger partial charge in [-0.3, -0.25) is 9.59 Å². The third kappa shape index (κ3) is 4.46. The van der Waals surface area contributed by atoms with Crippen LogP contribution >= 0.6 is 11.3 Å². The van der Waals surface area contributed by atoms with Crippen LogP contribution in [0.1, 0.15) is 36.9 Å². The smallest absolute Gasteiger partial charge is 0.261 e. The Labute approximate surface area is 110 Å². The second kappa shape index (κ2) is 5.97. The number of nitrogens with one attached hydrogen (secondary N) is 2. The van der Waals surface area contributed by atoms with E-state index >= 15 is 0 Å². The average molecular weight is 270 g/mol. The first-order valence-corrected chi connectivity index (χ1v) is 6.46. The van der Waals surface area contributed by atoms with E-state index in [1.165, 1.54) is 18.3 Å². The molecule has 0 fully saturated rings. The van der Waals surface area contributed by atoms with Crippen molar-refractivity contribution in [2.45, 2.75) is 32.7 Å². The molecule has 0 aliphatic rings. The first-order chi connectivity index (χ1) is 8.34. The van der Waals surface area contributed by atoms with Crippen molar-refractivity contribution < 1.29 is 14.7 Å². The fourth-order valence-electron chi connectivity index (χ4n) is 1.41. The Balaban J connectivity index is 2.67. The maximum absolute atomic E-state index is 11.9. The SMILES string of the molecule is CC(=O)Nc1ccc(C(=O)NC(C)(C)CCO)s1. The van der Waals surface area contributed by atoms with Crippen molar-refractivity contribution in [3.05, 3.63) is 17.0 Å². The zero-order valence-electron chi connectivity index (χ0n) is 10.7. The summed E-state index contributed by atoms with van der Waals surface area (Å²) in [5, 5.41) is 15.0. The Morgan fingerprint density at radius 2 is 2.06 bits per heavy atom. The van der Waals surface area contributed by atoms with Crippen LogP contribution in [0.3, 0.4) is 0 Å². The molecule has 0 aliphatic heterocycles. The second-order valence-electron chi connectivity index (χ2n) is 4.66. The van der Waals surface area contributed by atoms with Crippen molar-refractivity contribution in [3.8, 4) is 0 Å². The van der Waals surface area contributed by atoms with Crippen LogP contribution in [-0.4, -0.2) is 29.1 Å². The number of anilines is 1. The van der Waals surface area contributed by atoms with Gasteiger partial charge in [0.1, 0.15) is 0 Å². The number of thiophene rings is 1. The van der Waals surface area contributed by atoms with Gasteiger partial charge >= 0.3 is 0 Å². The van der Waals surface area contributed by atoms with Crippen molar-refractivity contribution in [2.75, 3.05) is 11.9 Å². The van der Waals surface area contributed by atoms with Crippen molar-refractivity contribution in [1.29, 1.82) is 0 Å². The lowest BCUT2D eigenvalue weighted by atomic mass is 10.0. The average Bonchev–Trinajstić information content (AvgIpc) is 2.64. The first kappa shape index (κ1) is 14.7. The third-order valence-corrected chi connectivity index (χ3v) is 3.32. The quantitative estimate of drug-likeness (QED) is 0.760. The number of carbonyl (C=O) groups excluding carboxylic acids is 2. The molecule has 0 radical (unpaired) electrons. The molecular formula is C12H18N2O3S. The molecule has 1 rings (SSSR count). The van der Waals surface area contributed by atoms with E-state index in [2.05, 4.69) is 10.6 Å². The van der Waals surface area contributed by atoms with Gasteiger partial charge in [-0.1, -0.05) is 0 Å². The summed E-state index contributed by atoms with van der Waals surface area (Å²) in [4.78, 5) is 23.3. The molecule has 0 aliphatic carbocycles. The van der Waals surface area contributed by atoms with Gasteiger partial charge in [-0.2, -0.15) is 0 Å². The summed E-state index contributed by atoms with van der Waals surface area (Å²) in [5.74, 6) is -0.362. The van der Waals surface area contributed by atoms with Gasteiger partial charge in [0.05, 0.1) is 9.88 Å². The van der Waals surface area contributed by atoms with E-state index < -0.39 is 5.54 Å². The normalized spacial score (nSPS) is 11.1. The van der Waals surface area contributed by atoms with E-state index in [1.807, 2.05) is 13.8 Å². The summed E-state index contributed by atoms with van der Waals surface area (Å²) in [6.07, 6.45) is 0.489. The molecule has 0 spiro atoms. The zero-order valence-corrected chi connectivity index (χ0v) is 11.6. The highest BCUT2D eigenvalue weighted by atomic mass is 32.1. The lowest BCUT2D eigenvalue weighted by Crippen LogP contribution is -2.43. The van der Waals surface area contributed by atoms with E-state index in [0.717, 1.165) is 0 Å². The topological polar surface area (TPSA) is 78.4 Å². The van der Waals surface area contributed by atoms with Crippen LogP contribution in [0.15, 0.2) is 12.1 Å². The molecular weight excluding hydrogens is 252 g/mol. The van der Waals surface area contributed by atoms with Gasteiger partial charge < -0.3 is 15.7 Å². The largest absolute Gasteiger partial charge is 0.396 e. The summed E-state index contributed by atoms with van der Waals surface area (Å²) in [7, 11) is 0. The van der Waals surface area contributed by atoms with Crippen molar-refractivity contribution in [1.82, 2.24) is 5.32 Å². The Hall–Kier alpha value is -1.40. The predicted molar refractivity (Wildman–Crippen MR) is 71.9 cm³/mol. The Morgan fingerprint density at radius 3 is 2.61 bits per heavy atom. The summed E-state index contributed by atoms with van der Waals surface area (Å²) in [6, 6.07) is 3.36. The van der Waals surface area contributed by atoms with Crippen LogP contribution < -0.4 is 10.6 Å². The summed E-state index contributed by atoms with van der Waals surface area (Å²) in [6.45, 7) is 5.14. The molecule has 1 aromatic heterocycles. The summed E-state index contributed by atoms with van der Waals surface area (Å²) >= 11 is 1.22. The maximum atomic E-state index is 11.9. The molecule has 1 aromatic rings. The molecule has 6 heteroatoms. The lowest BCUT2D eigenvalue weighted by molar-refractivity contribution is -0.114. The third-order valence-electron chi connectivity index (χ3n) is 2.32. The van der Waals surface area contributed by atoms with E-state index in [-0.39, 0.29) is 18.4 Å². The van der Waals surface area contributed by atoms with Gasteiger partial charge in [-0.25, -0.2) is 0 Å². The number of aliphatic hydroxyl groups is 1. The van der Waals surface area contributed by atoms with Crippen LogP contribution in [0.25, 0.3) is 0 Å². The summed E-state index contributed by atoms with van der Waals surface area (Å²) in [5.41, 5.74) is -0.454. The van der Waals surface area contributed by atoms with E-state index in [9.17, 15) is 9.59 Å². The molecule has 0 bridgehead atoms. The number of amides is 2. The van der Waals surface area contributed by atoms with Gasteiger partial charge in [0.2, 0.25) is 5.91 Å². The fourth-order valence-corrected chi connectivity index (χ4v) is 2.26. The molecule has 0 atom stereocenters. The highest BCUT2D eigenvalue weighted by molar-refractivity contribution is 7.18. The van der Waals surface area contributed by atoms with E-state index in [0.29, 0.717) is 16.3 Å². The molecule has 3 N–H and O–H groups in total. The highest BCUT2D eigenvalue weighted by Crippen LogP contribution is 2.22. The van der Waals surface area contributed by atoms with Gasteiger partial charge in [-0.15, -0.1) is 11.3 Å². The number of rotatable bonds is 5. The van der Waals surface area contributed by atoms with E-state index in [1.54, 1.807) is 12.1 Å². The molecule has 100 valence electrons. The second-order valence-corrected chi connectivity index (χ2v) is 5.74. The van der Waals surface area contributed by atoms with Gasteiger partial charge in [0.25, 0.3) is 5.91 Å². The predicted octanol–water partition coefficient (Wildman–Crippen LogP) is 1.60. The lowest BCUT2D eigenvalue weighted by Gasteiger charge is -2.24. The number of aliphatic hydroxyl groups excluding tert-OH is 1. The first-order valence-electron chi connectivity index (χ1n) is 5.65. The molecule has 0 aromatic carbocycles. The van der Waals surface area contributed by atoms with Crippen LogP contribution in [-0.2, 0) is 4.79 Å². The molecule has 1 heterocycles. The van der Waals surface area contributed by atoms with Crippen molar-refractivity contribution in [3.63, 3.8) is 0 Å². The number of carbonyl (C=O) groups is 2. The van der Waals surface area contributed by atoms with Gasteiger partial charge in [0, 0.05) is 19.1 Å². The maximum Gasteiger partial charge on any atom is 0.261 e. The minimum Gasteiger partial charge on any atom is -0.396 e. The van der Waals surface area contributed by atoms with E-state index in [4.69, 9.17) is 5.11 Å². The molecule has 18 heavy (non-hydrogen) atoms. The number of hydrogen-bond donors (Lipinski definition) is 3. The Kier molecular flexibility index (Phi) is 4.86. The molecule has 2 amide bonds. The van der Waals surface area contributed by atoms with Crippen LogP contribution in [0.4, 0.5) is 5.00 Å². The number of hydrogen-bond acceptors (Lipinski definition) is 4. The van der Waals surface area contributed by atoms with Crippen LogP contribution in [0.2, 0.25) is 0 Å². The van der Waals surface area contributed by atoms with Gasteiger partial charge in [0.15, 0.2) is 0 Å². The summed E-state index contributed by atoms with van der Waals surface area (Å²) < 4.78 is 0. The van der Waals surface area contributed by atoms with Crippen LogP contribution in [0.5, 0.6) is 0 Å². The molecule has 0 saturated carbocycles. The molecule has 0 unspecified atom stereocenters. The molecule has 5 nitrogen and oxygen atoms in total. The zero-order chi connectivity index (χ0) is 13.8. The van der Waals surface area contributed by atoms with Crippen molar-refractivity contribution in [2.24, 2.45) is 0 Å². The molecule has 0 saturated heterocycles. The van der Waals surface area contributed by atoms with Gasteiger partial charge in [-0.05, 0) is 32.4 Å². The highest BCUT2D eigenvalue weighted by Gasteiger charge is 2.21.